The molecule has 180 valence electrons. The molecule has 5 nitrogen and oxygen atoms in total. The summed E-state index contributed by atoms with van der Waals surface area (Å²) >= 11 is 0. The molecule has 0 aromatic heterocycles. The van der Waals surface area contributed by atoms with Crippen molar-refractivity contribution in [3.05, 3.63) is 23.8 Å². The third-order valence-electron chi connectivity index (χ3n) is 8.81. The van der Waals surface area contributed by atoms with Gasteiger partial charge in [-0.3, -0.25) is 9.59 Å². The van der Waals surface area contributed by atoms with Crippen molar-refractivity contribution in [2.75, 3.05) is 29.9 Å². The number of carbonyl (C=O) groups is 2. The molecule has 4 saturated carbocycles. The van der Waals surface area contributed by atoms with E-state index in [-0.39, 0.29) is 17.2 Å². The molecule has 2 N–H and O–H groups in total. The standard InChI is InChI=1S/C28H41N3O2/c1-18(2)17-29-26(32)24-13-23(4-5-25(24)31-8-6-19(3)7-9-31)30-27(33)28-14-20-10-21(15-28)12-22(11-20)16-28/h4-5,13,18-22H,6-12,14-17H2,1-3H3,(H,29,32)(H,30,33). The molecule has 5 aliphatic rings. The van der Waals surface area contributed by atoms with Crippen LogP contribution in [-0.2, 0) is 4.79 Å². The molecule has 5 heteroatoms. The van der Waals surface area contributed by atoms with Crippen molar-refractivity contribution in [3.63, 3.8) is 0 Å². The van der Waals surface area contributed by atoms with Crippen LogP contribution in [0.1, 0.15) is 82.5 Å². The van der Waals surface area contributed by atoms with E-state index in [0.29, 0.717) is 18.0 Å². The first-order chi connectivity index (χ1) is 15.8. The molecule has 1 aromatic rings. The van der Waals surface area contributed by atoms with Crippen molar-refractivity contribution in [1.29, 1.82) is 0 Å². The molecule has 0 unspecified atom stereocenters. The van der Waals surface area contributed by atoms with Gasteiger partial charge in [-0.1, -0.05) is 20.8 Å². The number of amides is 2. The van der Waals surface area contributed by atoms with E-state index in [2.05, 4.69) is 42.4 Å². The Morgan fingerprint density at radius 3 is 2.21 bits per heavy atom. The van der Waals surface area contributed by atoms with Crippen LogP contribution in [-0.4, -0.2) is 31.4 Å². The van der Waals surface area contributed by atoms with Gasteiger partial charge in [-0.2, -0.15) is 0 Å². The van der Waals surface area contributed by atoms with Crippen LogP contribution in [0.2, 0.25) is 0 Å². The second kappa shape index (κ2) is 8.96. The molecule has 5 fully saturated rings. The van der Waals surface area contributed by atoms with Gasteiger partial charge >= 0.3 is 0 Å². The average molecular weight is 452 g/mol. The van der Waals surface area contributed by atoms with Crippen LogP contribution in [0.5, 0.6) is 0 Å². The zero-order valence-electron chi connectivity index (χ0n) is 20.7. The van der Waals surface area contributed by atoms with E-state index in [1.165, 1.54) is 19.3 Å². The molecule has 0 radical (unpaired) electrons. The van der Waals surface area contributed by atoms with Gasteiger partial charge in [-0.15, -0.1) is 0 Å². The maximum Gasteiger partial charge on any atom is 0.253 e. The Kier molecular flexibility index (Phi) is 6.17. The molecule has 2 amide bonds. The Hall–Kier alpha value is -2.04. The van der Waals surface area contributed by atoms with Crippen molar-refractivity contribution in [2.24, 2.45) is 35.0 Å². The van der Waals surface area contributed by atoms with E-state index in [0.717, 1.165) is 80.2 Å². The van der Waals surface area contributed by atoms with Crippen LogP contribution in [0.25, 0.3) is 0 Å². The maximum atomic E-state index is 13.6. The molecule has 1 heterocycles. The molecule has 4 aliphatic carbocycles. The van der Waals surface area contributed by atoms with Gasteiger partial charge in [0.2, 0.25) is 5.91 Å². The summed E-state index contributed by atoms with van der Waals surface area (Å²) in [6, 6.07) is 5.97. The number of nitrogens with zero attached hydrogens (tertiary/aromatic N) is 1. The largest absolute Gasteiger partial charge is 0.371 e. The van der Waals surface area contributed by atoms with Gasteiger partial charge in [0.05, 0.1) is 11.0 Å². The number of hydrogen-bond acceptors (Lipinski definition) is 3. The van der Waals surface area contributed by atoms with Gasteiger partial charge in [-0.25, -0.2) is 0 Å². The van der Waals surface area contributed by atoms with Crippen LogP contribution >= 0.6 is 0 Å². The number of nitrogens with one attached hydrogen (secondary N) is 2. The Labute approximate surface area is 199 Å². The van der Waals surface area contributed by atoms with Gasteiger partial charge in [0, 0.05) is 31.0 Å². The summed E-state index contributed by atoms with van der Waals surface area (Å²) in [4.78, 5) is 29.1. The minimum absolute atomic E-state index is 0.0387. The highest BCUT2D eigenvalue weighted by atomic mass is 16.2. The second-order valence-electron chi connectivity index (χ2n) is 12.2. The maximum absolute atomic E-state index is 13.6. The lowest BCUT2D eigenvalue weighted by Gasteiger charge is -2.55. The van der Waals surface area contributed by atoms with Crippen LogP contribution < -0.4 is 15.5 Å². The van der Waals surface area contributed by atoms with Gasteiger partial charge in [0.15, 0.2) is 0 Å². The lowest BCUT2D eigenvalue weighted by Crippen LogP contribution is -2.51. The number of benzene rings is 1. The van der Waals surface area contributed by atoms with Gasteiger partial charge in [0.25, 0.3) is 5.91 Å². The molecule has 6 rings (SSSR count). The number of rotatable bonds is 6. The fourth-order valence-electron chi connectivity index (χ4n) is 7.37. The number of carbonyl (C=O) groups excluding carboxylic acids is 2. The topological polar surface area (TPSA) is 61.4 Å². The van der Waals surface area contributed by atoms with Gasteiger partial charge in [-0.05, 0) is 99.2 Å². The van der Waals surface area contributed by atoms with E-state index >= 15 is 0 Å². The van der Waals surface area contributed by atoms with Gasteiger partial charge < -0.3 is 15.5 Å². The predicted octanol–water partition coefficient (Wildman–Crippen LogP) is 5.46. The Morgan fingerprint density at radius 2 is 1.64 bits per heavy atom. The van der Waals surface area contributed by atoms with Crippen molar-refractivity contribution < 1.29 is 9.59 Å². The molecule has 0 spiro atoms. The van der Waals surface area contributed by atoms with E-state index in [1.54, 1.807) is 0 Å². The molecular formula is C28H41N3O2. The number of anilines is 2. The fraction of sp³-hybridized carbons (Fsp3) is 0.714. The SMILES string of the molecule is CC(C)CNC(=O)c1cc(NC(=O)C23CC4CC(CC(C4)C2)C3)ccc1N1CCC(C)CC1. The molecule has 33 heavy (non-hydrogen) atoms. The summed E-state index contributed by atoms with van der Waals surface area (Å²) in [5, 5.41) is 6.36. The first-order valence-electron chi connectivity index (χ1n) is 13.3. The lowest BCUT2D eigenvalue weighted by atomic mass is 9.49. The van der Waals surface area contributed by atoms with Crippen LogP contribution in [0.15, 0.2) is 18.2 Å². The minimum atomic E-state index is -0.184. The van der Waals surface area contributed by atoms with Crippen LogP contribution in [0.3, 0.4) is 0 Å². The van der Waals surface area contributed by atoms with Crippen molar-refractivity contribution >= 4 is 23.2 Å². The Bertz CT molecular complexity index is 865. The zero-order chi connectivity index (χ0) is 23.2. The first kappa shape index (κ1) is 22.7. The van der Waals surface area contributed by atoms with Gasteiger partial charge in [0.1, 0.15) is 0 Å². The zero-order valence-corrected chi connectivity index (χ0v) is 20.7. The normalized spacial score (nSPS) is 31.2. The Morgan fingerprint density at radius 1 is 1.03 bits per heavy atom. The van der Waals surface area contributed by atoms with Crippen LogP contribution in [0.4, 0.5) is 11.4 Å². The predicted molar refractivity (Wildman–Crippen MR) is 133 cm³/mol. The highest BCUT2D eigenvalue weighted by Gasteiger charge is 2.54. The van der Waals surface area contributed by atoms with Crippen molar-refractivity contribution in [1.82, 2.24) is 5.32 Å². The van der Waals surface area contributed by atoms with Crippen molar-refractivity contribution in [3.8, 4) is 0 Å². The fourth-order valence-corrected chi connectivity index (χ4v) is 7.37. The molecule has 1 saturated heterocycles. The quantitative estimate of drug-likeness (QED) is 0.603. The summed E-state index contributed by atoms with van der Waals surface area (Å²) in [5.74, 6) is 3.50. The van der Waals surface area contributed by atoms with Crippen molar-refractivity contribution in [2.45, 2.75) is 72.1 Å². The molecular weight excluding hydrogens is 410 g/mol. The third kappa shape index (κ3) is 4.65. The second-order valence-corrected chi connectivity index (χ2v) is 12.2. The van der Waals surface area contributed by atoms with E-state index in [9.17, 15) is 9.59 Å². The summed E-state index contributed by atoms with van der Waals surface area (Å²) in [6.07, 6.45) is 9.44. The van der Waals surface area contributed by atoms with E-state index in [1.807, 2.05) is 12.1 Å². The molecule has 1 aliphatic heterocycles. The van der Waals surface area contributed by atoms with E-state index < -0.39 is 0 Å². The summed E-state index contributed by atoms with van der Waals surface area (Å²) in [7, 11) is 0. The molecule has 4 bridgehead atoms. The summed E-state index contributed by atoms with van der Waals surface area (Å²) in [6.45, 7) is 9.12. The molecule has 1 aromatic carbocycles. The molecule has 0 atom stereocenters. The smallest absolute Gasteiger partial charge is 0.253 e. The minimum Gasteiger partial charge on any atom is -0.371 e. The van der Waals surface area contributed by atoms with E-state index in [4.69, 9.17) is 0 Å². The Balaban J connectivity index is 1.37. The number of hydrogen-bond donors (Lipinski definition) is 2. The lowest BCUT2D eigenvalue weighted by molar-refractivity contribution is -0.140. The number of piperidine rings is 1. The summed E-state index contributed by atoms with van der Waals surface area (Å²) < 4.78 is 0. The average Bonchev–Trinajstić information content (AvgIpc) is 2.77. The van der Waals surface area contributed by atoms with Crippen LogP contribution in [0, 0.1) is 35.0 Å². The highest BCUT2D eigenvalue weighted by molar-refractivity contribution is 6.02. The third-order valence-corrected chi connectivity index (χ3v) is 8.81. The highest BCUT2D eigenvalue weighted by Crippen LogP contribution is 2.60. The summed E-state index contributed by atoms with van der Waals surface area (Å²) in [5.41, 5.74) is 2.26. The first-order valence-corrected chi connectivity index (χ1v) is 13.3. The monoisotopic (exact) mass is 451 g/mol.